The molecule has 0 aliphatic heterocycles. The van der Waals surface area contributed by atoms with Gasteiger partial charge in [-0.1, -0.05) is 233 Å². The average Bonchev–Trinajstić information content (AvgIpc) is 1.70. The topological polar surface area (TPSA) is 44.0 Å². The van der Waals surface area contributed by atoms with Gasteiger partial charge in [0, 0.05) is 106 Å². The van der Waals surface area contributed by atoms with Crippen molar-refractivity contribution in [3.8, 4) is 119 Å². The molecule has 10 heteroatoms. The number of hydrogen-bond acceptors (Lipinski definition) is 0. The summed E-state index contributed by atoms with van der Waals surface area (Å²) in [7, 11) is 10.7. The fraction of sp³-hybridized carbons (Fsp3) is 0.290. The van der Waals surface area contributed by atoms with Crippen molar-refractivity contribution in [1.82, 2.24) is 22.8 Å². The van der Waals surface area contributed by atoms with Crippen molar-refractivity contribution in [2.24, 2.45) is 35.2 Å². The van der Waals surface area contributed by atoms with Crippen molar-refractivity contribution in [1.29, 1.82) is 0 Å². The minimum absolute atomic E-state index is 0.408. The van der Waals surface area contributed by atoms with Crippen LogP contribution in [0.1, 0.15) is 227 Å². The van der Waals surface area contributed by atoms with Crippen molar-refractivity contribution in [2.45, 2.75) is 223 Å². The van der Waals surface area contributed by atoms with Crippen LogP contribution in [0.4, 0.5) is 0 Å². The zero-order chi connectivity index (χ0) is 102. The Morgan fingerprint density at radius 1 is 0.184 bits per heavy atom. The van der Waals surface area contributed by atoms with Crippen molar-refractivity contribution < 1.29 is 22.8 Å². The molecule has 0 amide bonds. The molecular formula is C131H153N10+5. The number of para-hydroxylation sites is 3. The van der Waals surface area contributed by atoms with Crippen LogP contribution >= 0.6 is 0 Å². The molecule has 0 unspecified atom stereocenters. The second-order valence-electron chi connectivity index (χ2n) is 41.4. The summed E-state index contributed by atoms with van der Waals surface area (Å²) in [5, 5.41) is 0. The summed E-state index contributed by atoms with van der Waals surface area (Å²) in [6.07, 6.45) is 22.3. The first-order valence-corrected chi connectivity index (χ1v) is 50.7. The lowest BCUT2D eigenvalue weighted by Crippen LogP contribution is -2.32. The summed E-state index contributed by atoms with van der Waals surface area (Å²) in [5.41, 5.74) is 57.0. The summed E-state index contributed by atoms with van der Waals surface area (Å²) < 4.78 is 23.2. The van der Waals surface area contributed by atoms with Gasteiger partial charge >= 0.3 is 0 Å². The summed E-state index contributed by atoms with van der Waals surface area (Å²) in [5.74, 6) is 2.26. The predicted octanol–water partition coefficient (Wildman–Crippen LogP) is 31.0. The first-order chi connectivity index (χ1) is 67.1. The molecule has 10 aromatic heterocycles. The Bertz CT molecular complexity index is 7430. The number of nitrogens with zero attached hydrogens (tertiary/aromatic N) is 10. The Kier molecular flexibility index (Phi) is 31.9. The molecule has 0 spiro atoms. The highest BCUT2D eigenvalue weighted by molar-refractivity contribution is 5.87. The molecule has 0 radical (unpaired) electrons. The van der Waals surface area contributed by atoms with Gasteiger partial charge in [0.15, 0.2) is 31.0 Å². The van der Waals surface area contributed by atoms with Gasteiger partial charge in [-0.05, 0) is 320 Å². The monoisotopic (exact) mass is 1870 g/mol. The van der Waals surface area contributed by atoms with Crippen LogP contribution in [-0.4, -0.2) is 22.8 Å². The molecule has 0 aliphatic rings. The zero-order valence-corrected chi connectivity index (χ0v) is 90.6. The highest BCUT2D eigenvalue weighted by Gasteiger charge is 2.31. The molecule has 0 fully saturated rings. The van der Waals surface area contributed by atoms with Gasteiger partial charge in [-0.3, -0.25) is 0 Å². The van der Waals surface area contributed by atoms with Gasteiger partial charge in [-0.15, -0.1) is 0 Å². The quantitative estimate of drug-likeness (QED) is 0.0769. The van der Waals surface area contributed by atoms with E-state index >= 15 is 0 Å². The molecule has 18 rings (SSSR count). The second-order valence-corrected chi connectivity index (χ2v) is 41.4. The third-order valence-electron chi connectivity index (χ3n) is 28.9. The number of aromatic nitrogens is 10. The van der Waals surface area contributed by atoms with E-state index in [1.54, 1.807) is 0 Å². The smallest absolute Gasteiger partial charge is 0.229 e. The minimum Gasteiger partial charge on any atom is -0.311 e. The molecule has 10 nitrogen and oxygen atoms in total. The first-order valence-electron chi connectivity index (χ1n) is 50.7. The molecule has 0 saturated heterocycles. The maximum Gasteiger partial charge on any atom is 0.229 e. The van der Waals surface area contributed by atoms with Crippen LogP contribution in [0.15, 0.2) is 299 Å². The number of rotatable bonds is 18. The van der Waals surface area contributed by atoms with E-state index in [0.29, 0.717) is 29.6 Å². The van der Waals surface area contributed by atoms with Crippen molar-refractivity contribution >= 4 is 0 Å². The van der Waals surface area contributed by atoms with Gasteiger partial charge in [0.25, 0.3) is 0 Å². The van der Waals surface area contributed by atoms with Crippen molar-refractivity contribution in [3.63, 3.8) is 0 Å². The van der Waals surface area contributed by atoms with Gasteiger partial charge < -0.3 is 22.8 Å². The molecule has 0 saturated carbocycles. The Labute approximate surface area is 844 Å². The van der Waals surface area contributed by atoms with E-state index in [-0.39, 0.29) is 0 Å². The zero-order valence-electron chi connectivity index (χ0n) is 90.6. The van der Waals surface area contributed by atoms with Gasteiger partial charge in [-0.2, -0.15) is 22.8 Å². The third kappa shape index (κ3) is 21.8. The van der Waals surface area contributed by atoms with Gasteiger partial charge in [0.05, 0.1) is 22.7 Å². The Hall–Kier alpha value is -14.1. The van der Waals surface area contributed by atoms with Gasteiger partial charge in [0.1, 0.15) is 63.7 Å². The van der Waals surface area contributed by atoms with E-state index in [1.807, 2.05) is 0 Å². The maximum absolute atomic E-state index is 2.44. The molecule has 8 aromatic carbocycles. The van der Waals surface area contributed by atoms with Crippen molar-refractivity contribution in [3.05, 3.63) is 427 Å². The molecule has 0 N–H and O–H groups in total. The molecule has 0 bridgehead atoms. The fourth-order valence-electron chi connectivity index (χ4n) is 20.5. The molecule has 0 atom stereocenters. The summed E-state index contributed by atoms with van der Waals surface area (Å²) >= 11 is 0. The summed E-state index contributed by atoms with van der Waals surface area (Å²) in [4.78, 5) is 0. The maximum atomic E-state index is 2.44. The van der Waals surface area contributed by atoms with Crippen LogP contribution in [0.3, 0.4) is 0 Å². The highest BCUT2D eigenvalue weighted by atomic mass is 15.1. The van der Waals surface area contributed by atoms with E-state index in [0.717, 1.165) is 0 Å². The van der Waals surface area contributed by atoms with Crippen LogP contribution in [0.25, 0.3) is 119 Å². The molecular weight excluding hydrogens is 1710 g/mol. The van der Waals surface area contributed by atoms with Crippen LogP contribution in [-0.2, 0) is 35.2 Å². The van der Waals surface area contributed by atoms with Crippen molar-refractivity contribution in [2.75, 3.05) is 0 Å². The molecule has 0 aliphatic carbocycles. The number of benzene rings is 8. The standard InChI is InChI=1S/C31H29N2.C31H37N2.C25H33N2.2C22H27N2/c1-22-18-19-33(30(22)29-20-23(2)24(3)21-32(29)4)31-27(25-12-7-5-8-13-25)16-11-17-28(31)26-14-9-6-10-15-26;1-20(2)27-17-26(25-12-10-9-11-13-25)18-28(21(3)4)31(27)33-15-14-22(5)30(33)29-16-23(6)24(7)19-32(29)8;1-16(2)21-10-9-11-22(17(3)4)25(21)27-13-12-18(5)24(27)23-14-19(6)20(7)15-26(23)8;1-14-10-17(4)21(18(5)11-14)24-9-8-15(2)22(24)20-12-16(3)19(6)13-23(20)7;1-15(2)19-9-7-8-10-20(19)24-12-11-16(3)22(24)21-13-17(4)18(5)14-23(21)6/h5-21H,1-4H3;9-21H,1-8H3;9-17H,1-8H3;8-13H,1-7H3;7-15H,1-6H3/q5*+1. The van der Waals surface area contributed by atoms with Gasteiger partial charge in [0.2, 0.25) is 28.5 Å². The fourth-order valence-corrected chi connectivity index (χ4v) is 20.5. The third-order valence-corrected chi connectivity index (χ3v) is 28.9. The largest absolute Gasteiger partial charge is 0.311 e. The Balaban J connectivity index is 0.000000141. The van der Waals surface area contributed by atoms with E-state index in [2.05, 4.69) is 573 Å². The Morgan fingerprint density at radius 2 is 0.433 bits per heavy atom. The SMILES string of the molecule is Cc1cc(-c2c(C)ccn2-c2c(-c3ccccc3)cccc2-c2ccccc2)[n+](C)cc1C.Cc1cc(-c2c(C)ccn2-c2c(C(C)C)cc(-c3ccccc3)cc2C(C)C)[n+](C)cc1C.Cc1cc(-c2c(C)ccn2-c2c(C(C)C)cccc2C(C)C)[n+](C)cc1C.Cc1cc(-c2c(C)ccn2-c2ccccc2C(C)C)[n+](C)cc1C.Cc1cc(C)c(-n2ccc(C)c2-c2cc(C)c(C)c[n+]2C)c(C)c1. The van der Waals surface area contributed by atoms with E-state index in [1.165, 1.54) is 247 Å². The summed E-state index contributed by atoms with van der Waals surface area (Å²) in [6, 6.07) is 86.3. The van der Waals surface area contributed by atoms with E-state index in [4.69, 9.17) is 0 Å². The van der Waals surface area contributed by atoms with Crippen LogP contribution in [0, 0.1) is 125 Å². The lowest BCUT2D eigenvalue weighted by Gasteiger charge is -2.24. The van der Waals surface area contributed by atoms with Crippen LogP contribution in [0.5, 0.6) is 0 Å². The van der Waals surface area contributed by atoms with E-state index < -0.39 is 0 Å². The predicted molar refractivity (Wildman–Crippen MR) is 594 cm³/mol. The molecule has 722 valence electrons. The number of aryl methyl sites for hydroxylation is 23. The lowest BCUT2D eigenvalue weighted by atomic mass is 9.88. The molecule has 18 aromatic rings. The number of pyridine rings is 5. The van der Waals surface area contributed by atoms with Gasteiger partial charge in [-0.25, -0.2) is 0 Å². The first kappa shape index (κ1) is 103. The molecule has 141 heavy (non-hydrogen) atoms. The summed E-state index contributed by atoms with van der Waals surface area (Å²) in [6.45, 7) is 62.3. The van der Waals surface area contributed by atoms with Crippen LogP contribution in [0.2, 0.25) is 0 Å². The van der Waals surface area contributed by atoms with E-state index in [9.17, 15) is 0 Å². The second kappa shape index (κ2) is 43.7. The molecule has 10 heterocycles. The number of hydrogen-bond donors (Lipinski definition) is 0. The minimum atomic E-state index is 0.408. The highest BCUT2D eigenvalue weighted by Crippen LogP contribution is 2.44. The average molecular weight is 1870 g/mol. The normalized spacial score (nSPS) is 11.3. The Morgan fingerprint density at radius 3 is 0.745 bits per heavy atom. The lowest BCUT2D eigenvalue weighted by molar-refractivity contribution is -0.661. The van der Waals surface area contributed by atoms with Crippen LogP contribution < -0.4 is 22.8 Å².